The van der Waals surface area contributed by atoms with Crippen LogP contribution in [0.5, 0.6) is 0 Å². The molecule has 4 atom stereocenters. The number of fused-ring (bicyclic) bond motifs is 2. The van der Waals surface area contributed by atoms with Gasteiger partial charge in [-0.1, -0.05) is 23.7 Å². The average Bonchev–Trinajstić information content (AvgIpc) is 2.72. The summed E-state index contributed by atoms with van der Waals surface area (Å²) in [7, 11) is 2.11. The van der Waals surface area contributed by atoms with E-state index < -0.39 is 0 Å². The molecule has 1 amide bonds. The Morgan fingerprint density at radius 3 is 2.76 bits per heavy atom. The molecule has 2 saturated heterocycles. The molecule has 5 heteroatoms. The summed E-state index contributed by atoms with van der Waals surface area (Å²) in [5, 5.41) is 12.3. The molecule has 0 aliphatic carbocycles. The first-order valence-electron chi connectivity index (χ1n) is 7.47. The van der Waals surface area contributed by atoms with Crippen molar-refractivity contribution >= 4 is 17.5 Å². The van der Waals surface area contributed by atoms with Crippen LogP contribution in [-0.4, -0.2) is 41.8 Å². The Bertz CT molecular complexity index is 520. The maximum Gasteiger partial charge on any atom is 0.227 e. The van der Waals surface area contributed by atoms with Gasteiger partial charge < -0.3 is 10.4 Å². The number of carbonyl (C=O) groups is 1. The summed E-state index contributed by atoms with van der Waals surface area (Å²) in [6, 6.07) is 8.63. The van der Waals surface area contributed by atoms with Gasteiger partial charge in [-0.15, -0.1) is 0 Å². The highest BCUT2D eigenvalue weighted by Gasteiger charge is 2.48. The molecule has 0 aromatic heterocycles. The molecule has 2 fully saturated rings. The number of hydrogen-bond donors (Lipinski definition) is 2. The van der Waals surface area contributed by atoms with Crippen molar-refractivity contribution in [2.75, 3.05) is 13.8 Å². The standard InChI is InChI=1S/C16H21ClN2O2/c1-19-12-6-7-14(19)15(16(21)18-9-20)13(8-12)10-2-4-11(17)5-3-10/h2-5,12-15,20H,6-9H2,1H3,(H,18,21)/t12-,13+,14+,15-/m0/s1. The van der Waals surface area contributed by atoms with Gasteiger partial charge in [-0.25, -0.2) is 0 Å². The van der Waals surface area contributed by atoms with E-state index in [1.54, 1.807) is 0 Å². The number of benzene rings is 1. The minimum atomic E-state index is -0.303. The van der Waals surface area contributed by atoms with Gasteiger partial charge in [-0.3, -0.25) is 9.69 Å². The average molecular weight is 309 g/mol. The number of hydrogen-bond acceptors (Lipinski definition) is 3. The molecule has 21 heavy (non-hydrogen) atoms. The summed E-state index contributed by atoms with van der Waals surface area (Å²) in [4.78, 5) is 14.8. The van der Waals surface area contributed by atoms with Crippen molar-refractivity contribution in [2.24, 2.45) is 5.92 Å². The number of carbonyl (C=O) groups excluding carboxylic acids is 1. The number of nitrogens with zero attached hydrogens (tertiary/aromatic N) is 1. The second-order valence-electron chi connectivity index (χ2n) is 6.08. The number of piperidine rings is 1. The maximum atomic E-state index is 12.5. The Morgan fingerprint density at radius 1 is 1.38 bits per heavy atom. The molecular formula is C16H21ClN2O2. The second-order valence-corrected chi connectivity index (χ2v) is 6.52. The Balaban J connectivity index is 1.92. The number of aliphatic hydroxyl groups is 1. The number of amides is 1. The molecule has 2 N–H and O–H groups in total. The van der Waals surface area contributed by atoms with Gasteiger partial charge in [-0.2, -0.15) is 0 Å². The molecule has 1 aromatic rings. The van der Waals surface area contributed by atoms with E-state index in [4.69, 9.17) is 16.7 Å². The lowest BCUT2D eigenvalue weighted by molar-refractivity contribution is -0.130. The van der Waals surface area contributed by atoms with Gasteiger partial charge in [0.15, 0.2) is 0 Å². The summed E-state index contributed by atoms with van der Waals surface area (Å²) < 4.78 is 0. The minimum absolute atomic E-state index is 0.0466. The smallest absolute Gasteiger partial charge is 0.227 e. The van der Waals surface area contributed by atoms with Crippen LogP contribution in [0.1, 0.15) is 30.7 Å². The first-order valence-corrected chi connectivity index (χ1v) is 7.85. The normalized spacial score (nSPS) is 32.1. The fraction of sp³-hybridized carbons (Fsp3) is 0.562. The van der Waals surface area contributed by atoms with Gasteiger partial charge >= 0.3 is 0 Å². The highest BCUT2D eigenvalue weighted by atomic mass is 35.5. The first-order chi connectivity index (χ1) is 10.1. The van der Waals surface area contributed by atoms with E-state index in [1.165, 1.54) is 5.56 Å². The predicted octanol–water partition coefficient (Wildman–Crippen LogP) is 1.97. The summed E-state index contributed by atoms with van der Waals surface area (Å²) in [6.07, 6.45) is 3.18. The highest BCUT2D eigenvalue weighted by Crippen LogP contribution is 2.46. The van der Waals surface area contributed by atoms with Crippen LogP contribution in [0.15, 0.2) is 24.3 Å². The third kappa shape index (κ3) is 2.68. The monoisotopic (exact) mass is 308 g/mol. The largest absolute Gasteiger partial charge is 0.377 e. The molecule has 0 radical (unpaired) electrons. The zero-order valence-corrected chi connectivity index (χ0v) is 12.9. The fourth-order valence-corrected chi connectivity index (χ4v) is 4.20. The van der Waals surface area contributed by atoms with E-state index in [1.807, 2.05) is 24.3 Å². The third-order valence-corrected chi connectivity index (χ3v) is 5.37. The number of rotatable bonds is 3. The summed E-state index contributed by atoms with van der Waals surface area (Å²) in [5.41, 5.74) is 1.17. The highest BCUT2D eigenvalue weighted by molar-refractivity contribution is 6.30. The maximum absolute atomic E-state index is 12.5. The fourth-order valence-electron chi connectivity index (χ4n) is 4.07. The van der Waals surface area contributed by atoms with E-state index in [0.29, 0.717) is 11.1 Å². The van der Waals surface area contributed by atoms with E-state index in [9.17, 15) is 4.79 Å². The molecule has 2 aliphatic heterocycles. The second kappa shape index (κ2) is 5.95. The van der Waals surface area contributed by atoms with Crippen molar-refractivity contribution in [1.82, 2.24) is 10.2 Å². The third-order valence-electron chi connectivity index (χ3n) is 5.12. The number of halogens is 1. The van der Waals surface area contributed by atoms with Crippen LogP contribution in [0, 0.1) is 5.92 Å². The molecule has 2 heterocycles. The predicted molar refractivity (Wildman–Crippen MR) is 82.1 cm³/mol. The van der Waals surface area contributed by atoms with Gasteiger partial charge in [0.05, 0.1) is 5.92 Å². The molecule has 2 aliphatic rings. The topological polar surface area (TPSA) is 52.6 Å². The van der Waals surface area contributed by atoms with Crippen LogP contribution in [0.2, 0.25) is 5.02 Å². The van der Waals surface area contributed by atoms with Gasteiger partial charge in [0, 0.05) is 17.1 Å². The lowest BCUT2D eigenvalue weighted by Gasteiger charge is -2.42. The molecule has 0 spiro atoms. The quantitative estimate of drug-likeness (QED) is 0.840. The lowest BCUT2D eigenvalue weighted by atomic mass is 9.75. The summed E-state index contributed by atoms with van der Waals surface area (Å²) in [5.74, 6) is 0.0410. The molecule has 3 rings (SSSR count). The Morgan fingerprint density at radius 2 is 2.10 bits per heavy atom. The van der Waals surface area contributed by atoms with Gasteiger partial charge in [-0.05, 0) is 49.9 Å². The molecule has 1 aromatic carbocycles. The van der Waals surface area contributed by atoms with Gasteiger partial charge in [0.2, 0.25) is 5.91 Å². The molecular weight excluding hydrogens is 288 g/mol. The van der Waals surface area contributed by atoms with E-state index in [2.05, 4.69) is 17.3 Å². The van der Waals surface area contributed by atoms with Crippen molar-refractivity contribution in [3.05, 3.63) is 34.9 Å². The Kier molecular flexibility index (Phi) is 4.20. The van der Waals surface area contributed by atoms with E-state index in [-0.39, 0.29) is 30.5 Å². The molecule has 0 unspecified atom stereocenters. The van der Waals surface area contributed by atoms with Crippen LogP contribution < -0.4 is 5.32 Å². The first kappa shape index (κ1) is 14.8. The van der Waals surface area contributed by atoms with Crippen LogP contribution in [0.25, 0.3) is 0 Å². The van der Waals surface area contributed by atoms with Crippen molar-refractivity contribution < 1.29 is 9.90 Å². The van der Waals surface area contributed by atoms with Crippen LogP contribution >= 0.6 is 11.6 Å². The number of nitrogens with one attached hydrogen (secondary N) is 1. The SMILES string of the molecule is CN1[C@H]2CC[C@@H]1[C@@H](C(=O)NCO)[C@@H](c1ccc(Cl)cc1)C2. The van der Waals surface area contributed by atoms with Crippen LogP contribution in [-0.2, 0) is 4.79 Å². The van der Waals surface area contributed by atoms with Crippen molar-refractivity contribution in [1.29, 1.82) is 0 Å². The van der Waals surface area contributed by atoms with E-state index in [0.717, 1.165) is 19.3 Å². The minimum Gasteiger partial charge on any atom is -0.377 e. The summed E-state index contributed by atoms with van der Waals surface area (Å²) in [6.45, 7) is -0.303. The number of aliphatic hydroxyl groups excluding tert-OH is 1. The van der Waals surface area contributed by atoms with Crippen molar-refractivity contribution in [3.63, 3.8) is 0 Å². The molecule has 0 saturated carbocycles. The van der Waals surface area contributed by atoms with Gasteiger partial charge in [0.1, 0.15) is 6.73 Å². The van der Waals surface area contributed by atoms with Gasteiger partial charge in [0.25, 0.3) is 0 Å². The van der Waals surface area contributed by atoms with Crippen LogP contribution in [0.4, 0.5) is 0 Å². The molecule has 2 bridgehead atoms. The molecule has 4 nitrogen and oxygen atoms in total. The van der Waals surface area contributed by atoms with Crippen LogP contribution in [0.3, 0.4) is 0 Å². The van der Waals surface area contributed by atoms with E-state index >= 15 is 0 Å². The zero-order chi connectivity index (χ0) is 15.0. The van der Waals surface area contributed by atoms with Crippen molar-refractivity contribution in [2.45, 2.75) is 37.3 Å². The van der Waals surface area contributed by atoms with Crippen molar-refractivity contribution in [3.8, 4) is 0 Å². The zero-order valence-electron chi connectivity index (χ0n) is 12.1. The molecule has 114 valence electrons. The summed E-state index contributed by atoms with van der Waals surface area (Å²) >= 11 is 5.97. The Labute approximate surface area is 130 Å². The Hall–Kier alpha value is -1.10. The lowest BCUT2D eigenvalue weighted by Crippen LogP contribution is -2.51.